The highest BCUT2D eigenvalue weighted by Gasteiger charge is 2.15. The lowest BCUT2D eigenvalue weighted by Gasteiger charge is -2.23. The van der Waals surface area contributed by atoms with E-state index in [0.29, 0.717) is 12.0 Å². The van der Waals surface area contributed by atoms with Crippen molar-refractivity contribution in [1.29, 1.82) is 0 Å². The Morgan fingerprint density at radius 3 is 2.52 bits per heavy atom. The van der Waals surface area contributed by atoms with Gasteiger partial charge < -0.3 is 10.6 Å². The molecule has 0 amide bonds. The van der Waals surface area contributed by atoms with Gasteiger partial charge in [0.25, 0.3) is 0 Å². The molecule has 0 saturated heterocycles. The van der Waals surface area contributed by atoms with Gasteiger partial charge in [0.15, 0.2) is 0 Å². The number of rotatable bonds is 5. The number of aromatic nitrogens is 3. The Morgan fingerprint density at radius 2 is 1.74 bits per heavy atom. The molecule has 27 heavy (non-hydrogen) atoms. The minimum Gasteiger partial charge on any atom is -0.351 e. The first-order chi connectivity index (χ1) is 13.3. The summed E-state index contributed by atoms with van der Waals surface area (Å²) < 4.78 is 1.02. The quantitative estimate of drug-likeness (QED) is 0.543. The summed E-state index contributed by atoms with van der Waals surface area (Å²) in [6.45, 7) is 0. The van der Waals surface area contributed by atoms with Crippen LogP contribution in [-0.4, -0.2) is 21.0 Å². The van der Waals surface area contributed by atoms with Crippen molar-refractivity contribution in [1.82, 2.24) is 15.0 Å². The lowest BCUT2D eigenvalue weighted by atomic mass is 9.96. The van der Waals surface area contributed by atoms with Gasteiger partial charge in [-0.1, -0.05) is 41.3 Å². The molecule has 0 aliphatic heterocycles. The third-order valence-electron chi connectivity index (χ3n) is 4.74. The van der Waals surface area contributed by atoms with Gasteiger partial charge in [-0.15, -0.1) is 0 Å². The molecule has 6 heteroatoms. The molecule has 0 radical (unpaired) electrons. The van der Waals surface area contributed by atoms with Crippen molar-refractivity contribution in [2.75, 3.05) is 10.6 Å². The third-order valence-corrected chi connectivity index (χ3v) is 5.23. The summed E-state index contributed by atoms with van der Waals surface area (Å²) in [6.07, 6.45) is 9.79. The summed E-state index contributed by atoms with van der Waals surface area (Å²) in [5, 5.41) is 6.94. The molecule has 4 rings (SSSR count). The minimum absolute atomic E-state index is 0.449. The van der Waals surface area contributed by atoms with Gasteiger partial charge >= 0.3 is 0 Å². The van der Waals surface area contributed by atoms with Crippen LogP contribution >= 0.6 is 15.9 Å². The SMILES string of the molecule is Brc1cccc(Nc2cc(-c3ccncc3)nc(NC3CCCCC3)n2)c1. The molecule has 1 aromatic carbocycles. The fourth-order valence-corrected chi connectivity index (χ4v) is 3.79. The Morgan fingerprint density at radius 1 is 0.926 bits per heavy atom. The number of pyridine rings is 1. The first-order valence-electron chi connectivity index (χ1n) is 9.35. The van der Waals surface area contributed by atoms with E-state index in [9.17, 15) is 0 Å². The Balaban J connectivity index is 1.65. The molecule has 2 N–H and O–H groups in total. The summed E-state index contributed by atoms with van der Waals surface area (Å²) in [4.78, 5) is 13.6. The van der Waals surface area contributed by atoms with E-state index in [-0.39, 0.29) is 0 Å². The highest BCUT2D eigenvalue weighted by molar-refractivity contribution is 9.10. The van der Waals surface area contributed by atoms with Crippen LogP contribution in [-0.2, 0) is 0 Å². The average molecular weight is 424 g/mol. The largest absolute Gasteiger partial charge is 0.351 e. The average Bonchev–Trinajstić information content (AvgIpc) is 2.69. The maximum atomic E-state index is 4.76. The highest BCUT2D eigenvalue weighted by Crippen LogP contribution is 2.26. The van der Waals surface area contributed by atoms with Crippen LogP contribution in [0.4, 0.5) is 17.5 Å². The summed E-state index contributed by atoms with van der Waals surface area (Å²) in [5.74, 6) is 1.45. The summed E-state index contributed by atoms with van der Waals surface area (Å²) in [5.41, 5.74) is 2.88. The van der Waals surface area contributed by atoms with Crippen molar-refractivity contribution >= 4 is 33.4 Å². The second-order valence-electron chi connectivity index (χ2n) is 6.81. The molecule has 1 fully saturated rings. The molecule has 3 aromatic rings. The van der Waals surface area contributed by atoms with Crippen LogP contribution in [0.3, 0.4) is 0 Å². The zero-order chi connectivity index (χ0) is 18.5. The zero-order valence-electron chi connectivity index (χ0n) is 15.0. The van der Waals surface area contributed by atoms with Crippen molar-refractivity contribution in [2.45, 2.75) is 38.1 Å². The van der Waals surface area contributed by atoms with E-state index in [4.69, 9.17) is 9.97 Å². The smallest absolute Gasteiger partial charge is 0.225 e. The van der Waals surface area contributed by atoms with E-state index in [1.165, 1.54) is 32.1 Å². The Labute approximate surface area is 167 Å². The molecule has 0 spiro atoms. The van der Waals surface area contributed by atoms with Crippen molar-refractivity contribution < 1.29 is 0 Å². The van der Waals surface area contributed by atoms with Crippen LogP contribution in [0.5, 0.6) is 0 Å². The fraction of sp³-hybridized carbons (Fsp3) is 0.286. The molecule has 1 aliphatic carbocycles. The van der Waals surface area contributed by atoms with Crippen LogP contribution in [0.25, 0.3) is 11.3 Å². The van der Waals surface area contributed by atoms with Crippen LogP contribution in [0, 0.1) is 0 Å². The fourth-order valence-electron chi connectivity index (χ4n) is 3.39. The van der Waals surface area contributed by atoms with Crippen LogP contribution in [0.1, 0.15) is 32.1 Å². The van der Waals surface area contributed by atoms with Gasteiger partial charge in [0, 0.05) is 40.2 Å². The Hall–Kier alpha value is -2.47. The summed E-state index contributed by atoms with van der Waals surface area (Å²) >= 11 is 3.51. The van der Waals surface area contributed by atoms with Gasteiger partial charge in [-0.2, -0.15) is 4.98 Å². The maximum Gasteiger partial charge on any atom is 0.225 e. The zero-order valence-corrected chi connectivity index (χ0v) is 16.6. The van der Waals surface area contributed by atoms with Crippen molar-refractivity contribution in [3.63, 3.8) is 0 Å². The summed E-state index contributed by atoms with van der Waals surface area (Å²) in [7, 11) is 0. The van der Waals surface area contributed by atoms with E-state index in [2.05, 4.69) is 31.5 Å². The van der Waals surface area contributed by atoms with Gasteiger partial charge in [0.2, 0.25) is 5.95 Å². The van der Waals surface area contributed by atoms with E-state index < -0.39 is 0 Å². The molecule has 1 aliphatic rings. The molecule has 2 aromatic heterocycles. The number of nitrogens with one attached hydrogen (secondary N) is 2. The van der Waals surface area contributed by atoms with Crippen LogP contribution in [0.2, 0.25) is 0 Å². The first-order valence-corrected chi connectivity index (χ1v) is 10.1. The second-order valence-corrected chi connectivity index (χ2v) is 7.73. The number of anilines is 3. The monoisotopic (exact) mass is 423 g/mol. The van der Waals surface area contributed by atoms with Gasteiger partial charge in [-0.3, -0.25) is 4.98 Å². The van der Waals surface area contributed by atoms with E-state index in [1.807, 2.05) is 42.5 Å². The lowest BCUT2D eigenvalue weighted by molar-refractivity contribution is 0.461. The maximum absolute atomic E-state index is 4.76. The molecular formula is C21H22BrN5. The van der Waals surface area contributed by atoms with Gasteiger partial charge in [0.1, 0.15) is 5.82 Å². The first kappa shape index (κ1) is 17.9. The minimum atomic E-state index is 0.449. The molecule has 2 heterocycles. The van der Waals surface area contributed by atoms with Crippen molar-refractivity contribution in [3.05, 3.63) is 59.3 Å². The molecule has 0 unspecified atom stereocenters. The molecule has 5 nitrogen and oxygen atoms in total. The number of benzene rings is 1. The highest BCUT2D eigenvalue weighted by atomic mass is 79.9. The predicted molar refractivity (Wildman–Crippen MR) is 113 cm³/mol. The Kier molecular flexibility index (Phi) is 5.63. The number of nitrogens with zero attached hydrogens (tertiary/aromatic N) is 3. The van der Waals surface area contributed by atoms with E-state index in [0.717, 1.165) is 27.2 Å². The van der Waals surface area contributed by atoms with Crippen LogP contribution in [0.15, 0.2) is 59.3 Å². The molecule has 138 valence electrons. The molecular weight excluding hydrogens is 402 g/mol. The second kappa shape index (κ2) is 8.48. The van der Waals surface area contributed by atoms with Gasteiger partial charge in [-0.05, 0) is 43.2 Å². The number of hydrogen-bond acceptors (Lipinski definition) is 5. The molecule has 0 atom stereocenters. The Bertz CT molecular complexity index is 894. The van der Waals surface area contributed by atoms with Crippen molar-refractivity contribution in [3.8, 4) is 11.3 Å². The van der Waals surface area contributed by atoms with E-state index in [1.54, 1.807) is 12.4 Å². The molecule has 1 saturated carbocycles. The predicted octanol–water partition coefficient (Wildman–Crippen LogP) is 5.79. The lowest BCUT2D eigenvalue weighted by Crippen LogP contribution is -2.23. The standard InChI is InChI=1S/C21H22BrN5/c22-16-5-4-8-18(13-16)24-20-14-19(15-9-11-23-12-10-15)26-21(27-20)25-17-6-2-1-3-7-17/h4-5,8-14,17H,1-3,6-7H2,(H2,24,25,26,27). The number of hydrogen-bond donors (Lipinski definition) is 2. The van der Waals surface area contributed by atoms with Gasteiger partial charge in [0.05, 0.1) is 5.69 Å². The van der Waals surface area contributed by atoms with E-state index >= 15 is 0 Å². The van der Waals surface area contributed by atoms with Crippen LogP contribution < -0.4 is 10.6 Å². The van der Waals surface area contributed by atoms with Crippen molar-refractivity contribution in [2.24, 2.45) is 0 Å². The van der Waals surface area contributed by atoms with Gasteiger partial charge in [-0.25, -0.2) is 4.98 Å². The normalized spacial score (nSPS) is 14.7. The molecule has 0 bridgehead atoms. The third kappa shape index (κ3) is 4.83. The number of halogens is 1. The summed E-state index contributed by atoms with van der Waals surface area (Å²) in [6, 6.07) is 14.4. The topological polar surface area (TPSA) is 62.7 Å².